The predicted molar refractivity (Wildman–Crippen MR) is 85.6 cm³/mol. The molecule has 0 saturated carbocycles. The van der Waals surface area contributed by atoms with Gasteiger partial charge in [0, 0.05) is 0 Å². The van der Waals surface area contributed by atoms with Gasteiger partial charge in [-0.2, -0.15) is 5.10 Å². The maximum Gasteiger partial charge on any atom is 0.261 e. The highest BCUT2D eigenvalue weighted by molar-refractivity contribution is 7.15. The van der Waals surface area contributed by atoms with Gasteiger partial charge in [-0.1, -0.05) is 29.5 Å². The fraction of sp³-hybridized carbons (Fsp3) is 0.200. The summed E-state index contributed by atoms with van der Waals surface area (Å²) >= 11 is 1.34. The van der Waals surface area contributed by atoms with E-state index in [1.54, 1.807) is 4.68 Å². The van der Waals surface area contributed by atoms with Crippen LogP contribution in [0.25, 0.3) is 5.69 Å². The largest absolute Gasteiger partial charge is 0.296 e. The lowest BCUT2D eigenvalue weighted by atomic mass is 10.2. The molecular formula is C15H15N5OS. The van der Waals surface area contributed by atoms with Crippen molar-refractivity contribution >= 4 is 22.4 Å². The van der Waals surface area contributed by atoms with E-state index in [1.165, 1.54) is 11.3 Å². The molecule has 0 spiro atoms. The predicted octanol–water partition coefficient (Wildman–Crippen LogP) is 2.90. The summed E-state index contributed by atoms with van der Waals surface area (Å²) in [5, 5.41) is 16.4. The molecule has 0 bridgehead atoms. The van der Waals surface area contributed by atoms with Gasteiger partial charge in [0.15, 0.2) is 0 Å². The molecule has 0 radical (unpaired) electrons. The normalized spacial score (nSPS) is 10.7. The fourth-order valence-electron chi connectivity index (χ4n) is 2.30. The Bertz CT molecular complexity index is 822. The third-order valence-corrected chi connectivity index (χ3v) is 4.02. The molecule has 0 unspecified atom stereocenters. The SMILES string of the molecule is Cc1nnc(NC(=O)c2c(C)nn(-c3ccccc3)c2C)s1. The fourth-order valence-corrected chi connectivity index (χ4v) is 2.89. The van der Waals surface area contributed by atoms with E-state index in [0.29, 0.717) is 16.4 Å². The van der Waals surface area contributed by atoms with Crippen LogP contribution in [0.3, 0.4) is 0 Å². The number of para-hydroxylation sites is 1. The second-order valence-corrected chi connectivity index (χ2v) is 6.06. The highest BCUT2D eigenvalue weighted by atomic mass is 32.1. The Kier molecular flexibility index (Phi) is 3.72. The Morgan fingerprint density at radius 3 is 2.50 bits per heavy atom. The van der Waals surface area contributed by atoms with Crippen LogP contribution in [0.4, 0.5) is 5.13 Å². The summed E-state index contributed by atoms with van der Waals surface area (Å²) in [5.74, 6) is -0.215. The molecule has 7 heteroatoms. The average Bonchev–Trinajstić information content (AvgIpc) is 3.03. The summed E-state index contributed by atoms with van der Waals surface area (Å²) in [5.41, 5.74) is 2.97. The van der Waals surface area contributed by atoms with Gasteiger partial charge in [0.1, 0.15) is 5.01 Å². The Morgan fingerprint density at radius 2 is 1.86 bits per heavy atom. The van der Waals surface area contributed by atoms with Crippen LogP contribution in [0.2, 0.25) is 0 Å². The molecule has 0 aliphatic rings. The Morgan fingerprint density at radius 1 is 1.14 bits per heavy atom. The zero-order valence-corrected chi connectivity index (χ0v) is 13.3. The van der Waals surface area contributed by atoms with Gasteiger partial charge in [-0.3, -0.25) is 10.1 Å². The highest BCUT2D eigenvalue weighted by Crippen LogP contribution is 2.20. The van der Waals surface area contributed by atoms with Crippen molar-refractivity contribution < 1.29 is 4.79 Å². The average molecular weight is 313 g/mol. The topological polar surface area (TPSA) is 72.7 Å². The van der Waals surface area contributed by atoms with Gasteiger partial charge in [0.25, 0.3) is 5.91 Å². The molecule has 1 N–H and O–H groups in total. The summed E-state index contributed by atoms with van der Waals surface area (Å²) in [4.78, 5) is 12.5. The quantitative estimate of drug-likeness (QED) is 0.807. The van der Waals surface area contributed by atoms with E-state index in [1.807, 2.05) is 51.1 Å². The first-order chi connectivity index (χ1) is 10.6. The van der Waals surface area contributed by atoms with Gasteiger partial charge in [0.05, 0.1) is 22.6 Å². The van der Waals surface area contributed by atoms with Gasteiger partial charge in [0.2, 0.25) is 5.13 Å². The first-order valence-corrected chi connectivity index (χ1v) is 7.61. The third kappa shape index (κ3) is 2.62. The van der Waals surface area contributed by atoms with Gasteiger partial charge in [-0.25, -0.2) is 4.68 Å². The highest BCUT2D eigenvalue weighted by Gasteiger charge is 2.20. The molecule has 0 saturated heterocycles. The summed E-state index contributed by atoms with van der Waals surface area (Å²) in [6.07, 6.45) is 0. The number of hydrogen-bond donors (Lipinski definition) is 1. The lowest BCUT2D eigenvalue weighted by Crippen LogP contribution is -2.14. The molecule has 112 valence electrons. The van der Waals surface area contributed by atoms with Gasteiger partial charge >= 0.3 is 0 Å². The zero-order chi connectivity index (χ0) is 15.7. The summed E-state index contributed by atoms with van der Waals surface area (Å²) in [6.45, 7) is 5.55. The van der Waals surface area contributed by atoms with Crippen molar-refractivity contribution in [3.63, 3.8) is 0 Å². The van der Waals surface area contributed by atoms with E-state index in [9.17, 15) is 4.79 Å². The Balaban J connectivity index is 1.94. The smallest absolute Gasteiger partial charge is 0.261 e. The molecule has 2 aromatic heterocycles. The number of amides is 1. The van der Waals surface area contributed by atoms with Gasteiger partial charge < -0.3 is 0 Å². The molecule has 0 atom stereocenters. The van der Waals surface area contributed by atoms with Gasteiger partial charge in [-0.15, -0.1) is 10.2 Å². The second-order valence-electron chi connectivity index (χ2n) is 4.87. The van der Waals surface area contributed by atoms with Crippen molar-refractivity contribution in [3.8, 4) is 5.69 Å². The van der Waals surface area contributed by atoms with Crippen molar-refractivity contribution in [1.29, 1.82) is 0 Å². The maximum atomic E-state index is 12.5. The molecule has 0 aliphatic heterocycles. The molecule has 22 heavy (non-hydrogen) atoms. The minimum absolute atomic E-state index is 0.215. The minimum atomic E-state index is -0.215. The number of aryl methyl sites for hydroxylation is 2. The lowest BCUT2D eigenvalue weighted by Gasteiger charge is -2.05. The van der Waals surface area contributed by atoms with Crippen molar-refractivity contribution in [2.45, 2.75) is 20.8 Å². The van der Waals surface area contributed by atoms with Crippen LogP contribution in [0, 0.1) is 20.8 Å². The molecule has 3 aromatic rings. The molecule has 1 aromatic carbocycles. The number of rotatable bonds is 3. The van der Waals surface area contributed by atoms with Gasteiger partial charge in [-0.05, 0) is 32.9 Å². The second kappa shape index (κ2) is 5.69. The van der Waals surface area contributed by atoms with Crippen LogP contribution in [0.15, 0.2) is 30.3 Å². The number of carbonyl (C=O) groups excluding carboxylic acids is 1. The number of hydrogen-bond acceptors (Lipinski definition) is 5. The van der Waals surface area contributed by atoms with Crippen LogP contribution in [-0.2, 0) is 0 Å². The van der Waals surface area contributed by atoms with Crippen molar-refractivity contribution in [2.75, 3.05) is 5.32 Å². The van der Waals surface area contributed by atoms with Crippen molar-refractivity contribution in [3.05, 3.63) is 52.3 Å². The van der Waals surface area contributed by atoms with Crippen LogP contribution >= 0.6 is 11.3 Å². The Hall–Kier alpha value is -2.54. The maximum absolute atomic E-state index is 12.5. The Labute approximate surface area is 131 Å². The molecule has 0 fully saturated rings. The first-order valence-electron chi connectivity index (χ1n) is 6.79. The standard InChI is InChI=1S/C15H15N5OS/c1-9-13(14(21)16-15-18-17-11(3)22-15)10(2)20(19-9)12-7-5-4-6-8-12/h4-8H,1-3H3,(H,16,18,21). The number of anilines is 1. The van der Waals surface area contributed by atoms with E-state index in [0.717, 1.165) is 16.4 Å². The molecule has 0 aliphatic carbocycles. The van der Waals surface area contributed by atoms with E-state index in [4.69, 9.17) is 0 Å². The summed E-state index contributed by atoms with van der Waals surface area (Å²) in [7, 11) is 0. The van der Waals surface area contributed by atoms with Crippen molar-refractivity contribution in [2.24, 2.45) is 0 Å². The van der Waals surface area contributed by atoms with Crippen LogP contribution in [0.1, 0.15) is 26.8 Å². The number of nitrogens with zero attached hydrogens (tertiary/aromatic N) is 4. The van der Waals surface area contributed by atoms with E-state index >= 15 is 0 Å². The monoisotopic (exact) mass is 313 g/mol. The van der Waals surface area contributed by atoms with Crippen LogP contribution in [-0.4, -0.2) is 25.9 Å². The van der Waals surface area contributed by atoms with Crippen molar-refractivity contribution in [1.82, 2.24) is 20.0 Å². The lowest BCUT2D eigenvalue weighted by molar-refractivity contribution is 0.102. The van der Waals surface area contributed by atoms with E-state index < -0.39 is 0 Å². The number of nitrogens with one attached hydrogen (secondary N) is 1. The molecule has 1 amide bonds. The molecular weight excluding hydrogens is 298 g/mol. The molecule has 2 heterocycles. The zero-order valence-electron chi connectivity index (χ0n) is 12.5. The molecule has 3 rings (SSSR count). The van der Waals surface area contributed by atoms with Crippen LogP contribution in [0.5, 0.6) is 0 Å². The number of benzene rings is 1. The first kappa shape index (κ1) is 14.4. The van der Waals surface area contributed by atoms with Crippen LogP contribution < -0.4 is 5.32 Å². The summed E-state index contributed by atoms with van der Waals surface area (Å²) in [6, 6.07) is 9.73. The third-order valence-electron chi connectivity index (χ3n) is 3.27. The van der Waals surface area contributed by atoms with E-state index in [2.05, 4.69) is 20.6 Å². The number of aromatic nitrogens is 4. The minimum Gasteiger partial charge on any atom is -0.296 e. The van der Waals surface area contributed by atoms with E-state index in [-0.39, 0.29) is 5.91 Å². The number of carbonyl (C=O) groups is 1. The molecule has 6 nitrogen and oxygen atoms in total. The summed E-state index contributed by atoms with van der Waals surface area (Å²) < 4.78 is 1.77.